The number of rotatable bonds is 6. The predicted octanol–water partition coefficient (Wildman–Crippen LogP) is 2.48. The minimum absolute atomic E-state index is 0.0524. The van der Waals surface area contributed by atoms with Gasteiger partial charge in [0.15, 0.2) is 0 Å². The van der Waals surface area contributed by atoms with Gasteiger partial charge in [0.2, 0.25) is 0 Å². The molecule has 1 aromatic heterocycles. The lowest BCUT2D eigenvalue weighted by molar-refractivity contribution is 0.0934. The molecule has 0 aliphatic rings. The molecule has 0 saturated heterocycles. The Morgan fingerprint density at radius 1 is 1.53 bits per heavy atom. The number of halogens is 1. The van der Waals surface area contributed by atoms with E-state index in [0.717, 1.165) is 30.1 Å². The van der Waals surface area contributed by atoms with Crippen LogP contribution in [0.15, 0.2) is 0 Å². The van der Waals surface area contributed by atoms with Gasteiger partial charge in [-0.05, 0) is 30.8 Å². The SMILES string of the molecule is CCCc1nnsc1C(=O)NC(C)C(C)CCl. The lowest BCUT2D eigenvalue weighted by Gasteiger charge is -2.18. The second-order valence-electron chi connectivity index (χ2n) is 4.19. The van der Waals surface area contributed by atoms with Crippen LogP contribution in [0.3, 0.4) is 0 Å². The predicted molar refractivity (Wildman–Crippen MR) is 70.7 cm³/mol. The zero-order chi connectivity index (χ0) is 12.8. The monoisotopic (exact) mass is 275 g/mol. The van der Waals surface area contributed by atoms with Crippen molar-refractivity contribution in [2.24, 2.45) is 5.92 Å². The van der Waals surface area contributed by atoms with E-state index in [4.69, 9.17) is 11.6 Å². The highest BCUT2D eigenvalue weighted by Gasteiger charge is 2.19. The van der Waals surface area contributed by atoms with Crippen LogP contribution in [0.4, 0.5) is 0 Å². The van der Waals surface area contributed by atoms with Gasteiger partial charge in [0.05, 0.1) is 5.69 Å². The fourth-order valence-corrected chi connectivity index (χ4v) is 2.21. The summed E-state index contributed by atoms with van der Waals surface area (Å²) in [6, 6.07) is 0.0524. The van der Waals surface area contributed by atoms with Gasteiger partial charge in [0.1, 0.15) is 4.88 Å². The van der Waals surface area contributed by atoms with Crippen LogP contribution in [0.25, 0.3) is 0 Å². The summed E-state index contributed by atoms with van der Waals surface area (Å²) in [7, 11) is 0. The molecule has 6 heteroatoms. The van der Waals surface area contributed by atoms with Crippen molar-refractivity contribution in [1.82, 2.24) is 14.9 Å². The van der Waals surface area contributed by atoms with Crippen LogP contribution in [-0.2, 0) is 6.42 Å². The Morgan fingerprint density at radius 2 is 2.24 bits per heavy atom. The van der Waals surface area contributed by atoms with Crippen LogP contribution in [0.1, 0.15) is 42.6 Å². The normalized spacial score (nSPS) is 14.4. The summed E-state index contributed by atoms with van der Waals surface area (Å²) in [5.41, 5.74) is 0.792. The molecule has 2 atom stereocenters. The Bertz CT molecular complexity index is 369. The van der Waals surface area contributed by atoms with Gasteiger partial charge < -0.3 is 5.32 Å². The second-order valence-corrected chi connectivity index (χ2v) is 5.26. The molecule has 96 valence electrons. The Labute approximate surface area is 111 Å². The second kappa shape index (κ2) is 6.91. The molecule has 0 aromatic carbocycles. The van der Waals surface area contributed by atoms with Crippen molar-refractivity contribution in [3.8, 4) is 0 Å². The van der Waals surface area contributed by atoms with Gasteiger partial charge in [-0.2, -0.15) is 0 Å². The molecule has 0 aliphatic carbocycles. The van der Waals surface area contributed by atoms with Gasteiger partial charge in [-0.15, -0.1) is 16.7 Å². The van der Waals surface area contributed by atoms with Gasteiger partial charge in [-0.1, -0.05) is 24.8 Å². The van der Waals surface area contributed by atoms with E-state index in [0.29, 0.717) is 10.8 Å². The van der Waals surface area contributed by atoms with Crippen LogP contribution in [0.5, 0.6) is 0 Å². The summed E-state index contributed by atoms with van der Waals surface area (Å²) in [4.78, 5) is 12.6. The molecular weight excluding hydrogens is 258 g/mol. The summed E-state index contributed by atoms with van der Waals surface area (Å²) in [5.74, 6) is 0.688. The van der Waals surface area contributed by atoms with E-state index in [9.17, 15) is 4.79 Å². The molecular formula is C11H18ClN3OS. The van der Waals surface area contributed by atoms with Crippen LogP contribution in [0, 0.1) is 5.92 Å². The first-order valence-corrected chi connectivity index (χ1v) is 7.09. The van der Waals surface area contributed by atoms with E-state index in [1.54, 1.807) is 0 Å². The van der Waals surface area contributed by atoms with Crippen LogP contribution >= 0.6 is 23.1 Å². The summed E-state index contributed by atoms with van der Waals surface area (Å²) in [6.45, 7) is 6.02. The number of nitrogens with zero attached hydrogens (tertiary/aromatic N) is 2. The molecule has 17 heavy (non-hydrogen) atoms. The number of carbonyl (C=O) groups excluding carboxylic acids is 1. The molecule has 1 amide bonds. The quantitative estimate of drug-likeness (QED) is 0.812. The molecule has 1 aromatic rings. The lowest BCUT2D eigenvalue weighted by atomic mass is 10.1. The molecule has 0 spiro atoms. The number of amides is 1. The maximum absolute atomic E-state index is 12.0. The van der Waals surface area contributed by atoms with Crippen LogP contribution in [-0.4, -0.2) is 27.4 Å². The van der Waals surface area contributed by atoms with E-state index in [1.165, 1.54) is 0 Å². The van der Waals surface area contributed by atoms with Crippen molar-refractivity contribution in [1.29, 1.82) is 0 Å². The average Bonchev–Trinajstić information content (AvgIpc) is 2.76. The third kappa shape index (κ3) is 3.92. The molecule has 4 nitrogen and oxygen atoms in total. The highest BCUT2D eigenvalue weighted by atomic mass is 35.5. The highest BCUT2D eigenvalue weighted by Crippen LogP contribution is 2.13. The molecule has 1 heterocycles. The van der Waals surface area contributed by atoms with E-state index in [2.05, 4.69) is 21.8 Å². The average molecular weight is 276 g/mol. The number of alkyl halides is 1. The van der Waals surface area contributed by atoms with Gasteiger partial charge in [0.25, 0.3) is 5.91 Å². The van der Waals surface area contributed by atoms with Gasteiger partial charge in [-0.3, -0.25) is 4.79 Å². The highest BCUT2D eigenvalue weighted by molar-refractivity contribution is 7.08. The van der Waals surface area contributed by atoms with Crippen molar-refractivity contribution < 1.29 is 4.79 Å². The van der Waals surface area contributed by atoms with E-state index >= 15 is 0 Å². The fourth-order valence-electron chi connectivity index (χ4n) is 1.33. The topological polar surface area (TPSA) is 54.9 Å². The van der Waals surface area contributed by atoms with Gasteiger partial charge in [-0.25, -0.2) is 0 Å². The number of nitrogens with one attached hydrogen (secondary N) is 1. The number of aromatic nitrogens is 2. The lowest BCUT2D eigenvalue weighted by Crippen LogP contribution is -2.37. The standard InChI is InChI=1S/C11H18ClN3OS/c1-4-5-9-10(17-15-14-9)11(16)13-8(3)7(2)6-12/h7-8H,4-6H2,1-3H3,(H,13,16). The molecule has 0 radical (unpaired) electrons. The summed E-state index contributed by atoms with van der Waals surface area (Å²) in [6.07, 6.45) is 1.75. The Hall–Kier alpha value is -0.680. The minimum atomic E-state index is -0.0899. The van der Waals surface area contributed by atoms with Crippen molar-refractivity contribution >= 4 is 29.0 Å². The number of hydrogen-bond acceptors (Lipinski definition) is 4. The van der Waals surface area contributed by atoms with Crippen molar-refractivity contribution in [2.45, 2.75) is 39.7 Å². The largest absolute Gasteiger partial charge is 0.348 e. The Balaban J connectivity index is 2.66. The summed E-state index contributed by atoms with van der Waals surface area (Å²) >= 11 is 6.92. The maximum atomic E-state index is 12.0. The third-order valence-corrected chi connectivity index (χ3v) is 3.96. The van der Waals surface area contributed by atoms with Crippen molar-refractivity contribution in [3.63, 3.8) is 0 Å². The molecule has 1 N–H and O–H groups in total. The zero-order valence-electron chi connectivity index (χ0n) is 10.4. The first kappa shape index (κ1) is 14.4. The van der Waals surface area contributed by atoms with E-state index < -0.39 is 0 Å². The number of carbonyl (C=O) groups is 1. The molecule has 1 rings (SSSR count). The molecule has 2 unspecified atom stereocenters. The van der Waals surface area contributed by atoms with Crippen LogP contribution in [0.2, 0.25) is 0 Å². The number of hydrogen-bond donors (Lipinski definition) is 1. The third-order valence-electron chi connectivity index (χ3n) is 2.70. The van der Waals surface area contributed by atoms with Crippen molar-refractivity contribution in [2.75, 3.05) is 5.88 Å². The first-order chi connectivity index (χ1) is 8.10. The van der Waals surface area contributed by atoms with Crippen molar-refractivity contribution in [3.05, 3.63) is 10.6 Å². The number of aryl methyl sites for hydroxylation is 1. The maximum Gasteiger partial charge on any atom is 0.265 e. The van der Waals surface area contributed by atoms with Crippen LogP contribution < -0.4 is 5.32 Å². The Kier molecular flexibility index (Phi) is 5.85. The summed E-state index contributed by atoms with van der Waals surface area (Å²) < 4.78 is 3.84. The molecule has 0 bridgehead atoms. The van der Waals surface area contributed by atoms with Gasteiger partial charge >= 0.3 is 0 Å². The van der Waals surface area contributed by atoms with Gasteiger partial charge in [0, 0.05) is 11.9 Å². The summed E-state index contributed by atoms with van der Waals surface area (Å²) in [5, 5.41) is 6.92. The van der Waals surface area contributed by atoms with E-state index in [-0.39, 0.29) is 17.9 Å². The Morgan fingerprint density at radius 3 is 2.82 bits per heavy atom. The first-order valence-electron chi connectivity index (χ1n) is 5.78. The molecule has 0 fully saturated rings. The van der Waals surface area contributed by atoms with E-state index in [1.807, 2.05) is 13.8 Å². The molecule has 0 saturated carbocycles. The minimum Gasteiger partial charge on any atom is -0.348 e. The fraction of sp³-hybridized carbons (Fsp3) is 0.727. The smallest absolute Gasteiger partial charge is 0.265 e. The zero-order valence-corrected chi connectivity index (χ0v) is 11.9. The molecule has 0 aliphatic heterocycles.